The van der Waals surface area contributed by atoms with Gasteiger partial charge in [-0.3, -0.25) is 0 Å². The summed E-state index contributed by atoms with van der Waals surface area (Å²) in [6.07, 6.45) is 4.24. The van der Waals surface area contributed by atoms with Crippen molar-refractivity contribution in [2.75, 3.05) is 19.3 Å². The van der Waals surface area contributed by atoms with Gasteiger partial charge in [-0.2, -0.15) is 0 Å². The van der Waals surface area contributed by atoms with Crippen molar-refractivity contribution in [3.05, 3.63) is 35.6 Å². The molecule has 8 heteroatoms. The van der Waals surface area contributed by atoms with Gasteiger partial charge in [-0.05, 0) is 36.5 Å². The number of carbonyl (C=O) groups excluding carboxylic acids is 1. The van der Waals surface area contributed by atoms with E-state index in [0.29, 0.717) is 5.92 Å². The Morgan fingerprint density at radius 1 is 1.26 bits per heavy atom. The fourth-order valence-corrected chi connectivity index (χ4v) is 2.99. The Morgan fingerprint density at radius 2 is 1.91 bits per heavy atom. The SMILES string of the molecule is CS(=O)(=O)NCCNC(=O)N[C@H](c1ccc(F)cc1)C1CCC1. The molecule has 3 N–H and O–H groups in total. The van der Waals surface area contributed by atoms with E-state index in [1.807, 2.05) is 0 Å². The molecule has 1 fully saturated rings. The van der Waals surface area contributed by atoms with Crippen molar-refractivity contribution >= 4 is 16.1 Å². The van der Waals surface area contributed by atoms with Crippen LogP contribution in [0, 0.1) is 11.7 Å². The van der Waals surface area contributed by atoms with Gasteiger partial charge in [0, 0.05) is 13.1 Å². The first-order valence-corrected chi connectivity index (χ1v) is 9.49. The summed E-state index contributed by atoms with van der Waals surface area (Å²) in [5.41, 5.74) is 0.875. The minimum absolute atomic E-state index is 0.136. The van der Waals surface area contributed by atoms with Crippen LogP contribution in [0.4, 0.5) is 9.18 Å². The number of amides is 2. The lowest BCUT2D eigenvalue weighted by Gasteiger charge is -2.34. The summed E-state index contributed by atoms with van der Waals surface area (Å²) < 4.78 is 37.2. The monoisotopic (exact) mass is 343 g/mol. The number of urea groups is 1. The van der Waals surface area contributed by atoms with Crippen molar-refractivity contribution in [2.45, 2.75) is 25.3 Å². The molecule has 0 spiro atoms. The predicted octanol–water partition coefficient (Wildman–Crippen LogP) is 1.52. The average molecular weight is 343 g/mol. The molecule has 2 amide bonds. The maximum Gasteiger partial charge on any atom is 0.315 e. The first kappa shape index (κ1) is 17.7. The van der Waals surface area contributed by atoms with Crippen LogP contribution in [-0.4, -0.2) is 33.8 Å². The standard InChI is InChI=1S/C15H22FN3O3S/c1-23(21,22)18-10-9-17-15(20)19-14(11-3-2-4-11)12-5-7-13(16)8-6-12/h5-8,11,14,18H,2-4,9-10H2,1H3,(H2,17,19,20)/t14-/m0/s1. The summed E-state index contributed by atoms with van der Waals surface area (Å²) in [5, 5.41) is 5.52. The Kier molecular flexibility index (Phi) is 5.95. The molecule has 0 aromatic heterocycles. The van der Waals surface area contributed by atoms with Crippen LogP contribution >= 0.6 is 0 Å². The lowest BCUT2D eigenvalue weighted by molar-refractivity contribution is 0.208. The zero-order valence-electron chi connectivity index (χ0n) is 13.0. The maximum atomic E-state index is 13.1. The number of rotatable bonds is 7. The van der Waals surface area contributed by atoms with Crippen LogP contribution in [0.25, 0.3) is 0 Å². The molecule has 0 unspecified atom stereocenters. The van der Waals surface area contributed by atoms with E-state index >= 15 is 0 Å². The fraction of sp³-hybridized carbons (Fsp3) is 0.533. The Hall–Kier alpha value is -1.67. The van der Waals surface area contributed by atoms with Gasteiger partial charge in [-0.25, -0.2) is 22.3 Å². The maximum absolute atomic E-state index is 13.1. The third-order valence-electron chi connectivity index (χ3n) is 3.91. The molecule has 2 rings (SSSR count). The van der Waals surface area contributed by atoms with Crippen LogP contribution in [-0.2, 0) is 10.0 Å². The van der Waals surface area contributed by atoms with E-state index in [1.54, 1.807) is 12.1 Å². The van der Waals surface area contributed by atoms with Crippen molar-refractivity contribution in [3.8, 4) is 0 Å². The van der Waals surface area contributed by atoms with Crippen molar-refractivity contribution in [1.82, 2.24) is 15.4 Å². The van der Waals surface area contributed by atoms with Crippen LogP contribution in [0.5, 0.6) is 0 Å². The van der Waals surface area contributed by atoms with E-state index < -0.39 is 10.0 Å². The molecule has 0 radical (unpaired) electrons. The summed E-state index contributed by atoms with van der Waals surface area (Å²) in [6, 6.07) is 5.62. The third kappa shape index (κ3) is 5.80. The highest BCUT2D eigenvalue weighted by Gasteiger charge is 2.29. The first-order chi connectivity index (χ1) is 10.8. The molecule has 128 valence electrons. The van der Waals surface area contributed by atoms with Crippen LogP contribution < -0.4 is 15.4 Å². The van der Waals surface area contributed by atoms with Crippen molar-refractivity contribution in [2.24, 2.45) is 5.92 Å². The second-order valence-electron chi connectivity index (χ2n) is 5.79. The van der Waals surface area contributed by atoms with Crippen LogP contribution in [0.15, 0.2) is 24.3 Å². The third-order valence-corrected chi connectivity index (χ3v) is 4.64. The molecule has 0 aliphatic heterocycles. The molecule has 1 aromatic carbocycles. The summed E-state index contributed by atoms with van der Waals surface area (Å²) in [4.78, 5) is 12.0. The van der Waals surface area contributed by atoms with Gasteiger partial charge in [0.05, 0.1) is 12.3 Å². The molecule has 1 aliphatic rings. The molecule has 0 heterocycles. The second kappa shape index (κ2) is 7.74. The normalized spacial score (nSPS) is 16.4. The molecule has 1 aromatic rings. The summed E-state index contributed by atoms with van der Waals surface area (Å²) in [5.74, 6) is 0.0396. The molecule has 0 saturated heterocycles. The number of sulfonamides is 1. The van der Waals surface area contributed by atoms with Gasteiger partial charge in [0.2, 0.25) is 10.0 Å². The van der Waals surface area contributed by atoms with Crippen molar-refractivity contribution in [1.29, 1.82) is 0 Å². The Labute approximate surface area is 135 Å². The fourth-order valence-electron chi connectivity index (χ4n) is 2.52. The number of nitrogens with one attached hydrogen (secondary N) is 3. The lowest BCUT2D eigenvalue weighted by atomic mass is 9.77. The number of benzene rings is 1. The largest absolute Gasteiger partial charge is 0.337 e. The van der Waals surface area contributed by atoms with Gasteiger partial charge in [0.15, 0.2) is 0 Å². The van der Waals surface area contributed by atoms with Crippen LogP contribution in [0.2, 0.25) is 0 Å². The molecular weight excluding hydrogens is 321 g/mol. The van der Waals surface area contributed by atoms with Gasteiger partial charge in [-0.1, -0.05) is 18.6 Å². The molecule has 1 saturated carbocycles. The van der Waals surface area contributed by atoms with Gasteiger partial charge >= 0.3 is 6.03 Å². The zero-order valence-corrected chi connectivity index (χ0v) is 13.8. The first-order valence-electron chi connectivity index (χ1n) is 7.59. The number of hydrogen-bond acceptors (Lipinski definition) is 3. The highest BCUT2D eigenvalue weighted by Crippen LogP contribution is 2.37. The van der Waals surface area contributed by atoms with Crippen molar-refractivity contribution in [3.63, 3.8) is 0 Å². The van der Waals surface area contributed by atoms with Gasteiger partial charge in [0.25, 0.3) is 0 Å². The number of carbonyl (C=O) groups is 1. The van der Waals surface area contributed by atoms with E-state index in [1.165, 1.54) is 12.1 Å². The number of halogens is 1. The Morgan fingerprint density at radius 3 is 2.43 bits per heavy atom. The highest BCUT2D eigenvalue weighted by atomic mass is 32.2. The molecule has 1 atom stereocenters. The minimum atomic E-state index is -3.26. The number of hydrogen-bond donors (Lipinski definition) is 3. The van der Waals surface area contributed by atoms with Gasteiger partial charge in [-0.15, -0.1) is 0 Å². The highest BCUT2D eigenvalue weighted by molar-refractivity contribution is 7.88. The second-order valence-corrected chi connectivity index (χ2v) is 7.62. The molecule has 1 aliphatic carbocycles. The van der Waals surface area contributed by atoms with Gasteiger partial charge < -0.3 is 10.6 Å². The Balaban J connectivity index is 1.87. The smallest absolute Gasteiger partial charge is 0.315 e. The topological polar surface area (TPSA) is 87.3 Å². The summed E-state index contributed by atoms with van der Waals surface area (Å²) >= 11 is 0. The zero-order chi connectivity index (χ0) is 16.9. The van der Waals surface area contributed by atoms with E-state index in [0.717, 1.165) is 31.1 Å². The van der Waals surface area contributed by atoms with E-state index in [2.05, 4.69) is 15.4 Å². The summed E-state index contributed by atoms with van der Waals surface area (Å²) in [7, 11) is -3.26. The average Bonchev–Trinajstić information content (AvgIpc) is 2.41. The van der Waals surface area contributed by atoms with Crippen LogP contribution in [0.3, 0.4) is 0 Å². The van der Waals surface area contributed by atoms with Crippen molar-refractivity contribution < 1.29 is 17.6 Å². The molecule has 23 heavy (non-hydrogen) atoms. The molecule has 0 bridgehead atoms. The van der Waals surface area contributed by atoms with E-state index in [4.69, 9.17) is 0 Å². The van der Waals surface area contributed by atoms with Crippen LogP contribution in [0.1, 0.15) is 30.9 Å². The van der Waals surface area contributed by atoms with Gasteiger partial charge in [0.1, 0.15) is 5.82 Å². The minimum Gasteiger partial charge on any atom is -0.337 e. The summed E-state index contributed by atoms with van der Waals surface area (Å²) in [6.45, 7) is 0.330. The van der Waals surface area contributed by atoms with E-state index in [-0.39, 0.29) is 31.0 Å². The molecule has 6 nitrogen and oxygen atoms in total. The predicted molar refractivity (Wildman–Crippen MR) is 85.9 cm³/mol. The lowest BCUT2D eigenvalue weighted by Crippen LogP contribution is -2.44. The quantitative estimate of drug-likeness (QED) is 0.656. The molecular formula is C15H22FN3O3S. The Bertz CT molecular complexity index is 630. The van der Waals surface area contributed by atoms with E-state index in [9.17, 15) is 17.6 Å².